The van der Waals surface area contributed by atoms with Crippen molar-refractivity contribution in [3.8, 4) is 0 Å². The van der Waals surface area contributed by atoms with E-state index in [-0.39, 0.29) is 16.6 Å². The highest BCUT2D eigenvalue weighted by atomic mass is 35.5. The molecule has 0 aliphatic carbocycles. The summed E-state index contributed by atoms with van der Waals surface area (Å²) in [6, 6.07) is 17.3. The van der Waals surface area contributed by atoms with E-state index in [2.05, 4.69) is 5.32 Å². The predicted octanol–water partition coefficient (Wildman–Crippen LogP) is 7.77. The first-order valence-electron chi connectivity index (χ1n) is 10.8. The van der Waals surface area contributed by atoms with Gasteiger partial charge >= 0.3 is 12.1 Å². The number of urea groups is 2. The highest BCUT2D eigenvalue weighted by Gasteiger charge is 2.56. The minimum Gasteiger partial charge on any atom is -0.311 e. The average molecular weight is 568 g/mol. The molecule has 0 aromatic heterocycles. The fraction of sp³-hybridized carbons (Fsp3) is 0.200. The van der Waals surface area contributed by atoms with Gasteiger partial charge in [0.2, 0.25) is 0 Å². The van der Waals surface area contributed by atoms with Crippen molar-refractivity contribution in [2.45, 2.75) is 32.1 Å². The summed E-state index contributed by atoms with van der Waals surface area (Å²) in [5.41, 5.74) is 0.531. The van der Waals surface area contributed by atoms with Crippen LogP contribution in [0.2, 0.25) is 20.1 Å². The lowest BCUT2D eigenvalue weighted by molar-refractivity contribution is -0.0954. The fourth-order valence-corrected chi connectivity index (χ4v) is 4.73. The SMILES string of the molecule is CC1(C)C(N(O)C(=O)Nc2ccc(Cl)c(Cl)c2)N(c2ccc(Cl)c(Cl)c2)C(=O)N1Cc1ccccc1. The van der Waals surface area contributed by atoms with Gasteiger partial charge in [-0.25, -0.2) is 9.59 Å². The van der Waals surface area contributed by atoms with E-state index in [1.807, 2.05) is 30.3 Å². The topological polar surface area (TPSA) is 76.1 Å². The number of amides is 4. The maximum Gasteiger partial charge on any atom is 0.347 e. The first-order valence-corrected chi connectivity index (χ1v) is 12.4. The van der Waals surface area contributed by atoms with Crippen LogP contribution in [0.5, 0.6) is 0 Å². The molecule has 1 fully saturated rings. The Kier molecular flexibility index (Phi) is 7.59. The van der Waals surface area contributed by atoms with Crippen molar-refractivity contribution in [1.82, 2.24) is 9.96 Å². The quantitative estimate of drug-likeness (QED) is 0.244. The van der Waals surface area contributed by atoms with Crippen molar-refractivity contribution in [1.29, 1.82) is 0 Å². The van der Waals surface area contributed by atoms with Crippen molar-refractivity contribution < 1.29 is 14.8 Å². The smallest absolute Gasteiger partial charge is 0.311 e. The van der Waals surface area contributed by atoms with E-state index in [1.165, 1.54) is 23.1 Å². The Hall–Kier alpha value is -2.68. The Balaban J connectivity index is 1.72. The third-order valence-electron chi connectivity index (χ3n) is 5.98. The standard InChI is InChI=1S/C25H22Cl4N4O3/c1-25(2)22(33(36)23(34)30-16-8-10-18(26)20(28)12-16)32(17-9-11-19(27)21(29)13-17)24(35)31(25)14-15-6-4-3-5-7-15/h3-13,22,36H,14H2,1-2H3,(H,30,34). The van der Waals surface area contributed by atoms with Crippen LogP contribution in [0.15, 0.2) is 66.7 Å². The summed E-state index contributed by atoms with van der Waals surface area (Å²) in [6.07, 6.45) is -1.13. The van der Waals surface area contributed by atoms with E-state index in [4.69, 9.17) is 46.4 Å². The molecule has 11 heteroatoms. The molecule has 0 radical (unpaired) electrons. The zero-order chi connectivity index (χ0) is 26.2. The normalized spacial score (nSPS) is 16.9. The Morgan fingerprint density at radius 3 is 2.17 bits per heavy atom. The molecule has 1 unspecified atom stereocenters. The molecule has 1 aliphatic rings. The van der Waals surface area contributed by atoms with Crippen molar-refractivity contribution >= 4 is 69.8 Å². The van der Waals surface area contributed by atoms with Crippen molar-refractivity contribution in [2.24, 2.45) is 0 Å². The van der Waals surface area contributed by atoms with Crippen molar-refractivity contribution in [3.05, 3.63) is 92.4 Å². The number of rotatable bonds is 5. The second kappa shape index (κ2) is 10.4. The Bertz CT molecular complexity index is 1310. The number of anilines is 2. The molecule has 0 saturated carbocycles. The van der Waals surface area contributed by atoms with Gasteiger partial charge in [0.1, 0.15) is 0 Å². The maximum atomic E-state index is 13.8. The van der Waals surface area contributed by atoms with Crippen LogP contribution < -0.4 is 10.2 Å². The second-order valence-corrected chi connectivity index (χ2v) is 10.4. The van der Waals surface area contributed by atoms with Crippen LogP contribution >= 0.6 is 46.4 Å². The Labute approximate surface area is 228 Å². The molecule has 7 nitrogen and oxygen atoms in total. The van der Waals surface area contributed by atoms with E-state index in [9.17, 15) is 14.8 Å². The molecule has 1 heterocycles. The van der Waals surface area contributed by atoms with E-state index < -0.39 is 23.8 Å². The molecule has 188 valence electrons. The summed E-state index contributed by atoms with van der Waals surface area (Å²) in [5, 5.41) is 15.4. The maximum absolute atomic E-state index is 13.8. The third-order valence-corrected chi connectivity index (χ3v) is 7.46. The summed E-state index contributed by atoms with van der Waals surface area (Å²) in [4.78, 5) is 29.8. The highest BCUT2D eigenvalue weighted by molar-refractivity contribution is 6.42. The number of carbonyl (C=O) groups is 2. The highest BCUT2D eigenvalue weighted by Crippen LogP contribution is 2.40. The number of benzene rings is 3. The molecule has 4 amide bonds. The van der Waals surface area contributed by atoms with Gasteiger partial charge in [-0.1, -0.05) is 76.7 Å². The van der Waals surface area contributed by atoms with Crippen molar-refractivity contribution in [2.75, 3.05) is 10.2 Å². The molecular formula is C25H22Cl4N4O3. The van der Waals surface area contributed by atoms with Crippen LogP contribution in [0, 0.1) is 0 Å². The molecule has 0 bridgehead atoms. The minimum atomic E-state index is -1.13. The molecule has 0 spiro atoms. The first-order chi connectivity index (χ1) is 17.0. The first kappa shape index (κ1) is 26.4. The number of nitrogens with zero attached hydrogens (tertiary/aromatic N) is 3. The fourth-order valence-electron chi connectivity index (χ4n) is 4.13. The largest absolute Gasteiger partial charge is 0.347 e. The second-order valence-electron chi connectivity index (χ2n) is 8.75. The lowest BCUT2D eigenvalue weighted by atomic mass is 9.99. The van der Waals surface area contributed by atoms with Gasteiger partial charge in [0, 0.05) is 17.9 Å². The summed E-state index contributed by atoms with van der Waals surface area (Å²) in [7, 11) is 0. The van der Waals surface area contributed by atoms with Gasteiger partial charge in [-0.05, 0) is 55.8 Å². The molecule has 4 rings (SSSR count). The van der Waals surface area contributed by atoms with E-state index in [1.54, 1.807) is 36.9 Å². The minimum absolute atomic E-state index is 0.227. The molecule has 3 aromatic rings. The lowest BCUT2D eigenvalue weighted by Crippen LogP contribution is -2.58. The van der Waals surface area contributed by atoms with Gasteiger partial charge in [-0.15, -0.1) is 0 Å². The summed E-state index contributed by atoms with van der Waals surface area (Å²) < 4.78 is 0. The van der Waals surface area contributed by atoms with Crippen LogP contribution in [0.1, 0.15) is 19.4 Å². The van der Waals surface area contributed by atoms with Crippen LogP contribution in [0.25, 0.3) is 0 Å². The van der Waals surface area contributed by atoms with Gasteiger partial charge in [0.05, 0.1) is 25.6 Å². The van der Waals surface area contributed by atoms with E-state index in [0.717, 1.165) is 5.56 Å². The predicted molar refractivity (Wildman–Crippen MR) is 143 cm³/mol. The Morgan fingerprint density at radius 2 is 1.56 bits per heavy atom. The van der Waals surface area contributed by atoms with Crippen LogP contribution in [-0.4, -0.2) is 38.9 Å². The Morgan fingerprint density at radius 1 is 0.944 bits per heavy atom. The van der Waals surface area contributed by atoms with Gasteiger partial charge < -0.3 is 10.2 Å². The summed E-state index contributed by atoms with van der Waals surface area (Å²) >= 11 is 24.3. The number of nitrogens with one attached hydrogen (secondary N) is 1. The number of halogens is 4. The zero-order valence-corrected chi connectivity index (χ0v) is 22.3. The van der Waals surface area contributed by atoms with Crippen LogP contribution in [-0.2, 0) is 6.54 Å². The molecule has 1 aliphatic heterocycles. The monoisotopic (exact) mass is 566 g/mol. The number of hydrogen-bond donors (Lipinski definition) is 2. The summed E-state index contributed by atoms with van der Waals surface area (Å²) in [6.45, 7) is 3.79. The number of hydroxylamine groups is 2. The van der Waals surface area contributed by atoms with Gasteiger partial charge in [0.25, 0.3) is 0 Å². The van der Waals surface area contributed by atoms with Gasteiger partial charge in [-0.2, -0.15) is 5.06 Å². The molecular weight excluding hydrogens is 546 g/mol. The van der Waals surface area contributed by atoms with E-state index in [0.29, 0.717) is 26.5 Å². The zero-order valence-electron chi connectivity index (χ0n) is 19.3. The average Bonchev–Trinajstić information content (AvgIpc) is 3.03. The summed E-state index contributed by atoms with van der Waals surface area (Å²) in [5.74, 6) is 0. The van der Waals surface area contributed by atoms with E-state index >= 15 is 0 Å². The molecule has 1 saturated heterocycles. The molecule has 3 aromatic carbocycles. The number of carbonyl (C=O) groups excluding carboxylic acids is 2. The van der Waals surface area contributed by atoms with Crippen LogP contribution in [0.3, 0.4) is 0 Å². The number of hydrogen-bond acceptors (Lipinski definition) is 3. The van der Waals surface area contributed by atoms with Crippen molar-refractivity contribution in [3.63, 3.8) is 0 Å². The van der Waals surface area contributed by atoms with Crippen LogP contribution in [0.4, 0.5) is 21.0 Å². The molecule has 1 atom stereocenters. The van der Waals surface area contributed by atoms with Gasteiger partial charge in [-0.3, -0.25) is 10.1 Å². The lowest BCUT2D eigenvalue weighted by Gasteiger charge is -2.38. The third kappa shape index (κ3) is 5.08. The molecule has 36 heavy (non-hydrogen) atoms. The molecule has 2 N–H and O–H groups in total. The van der Waals surface area contributed by atoms with Gasteiger partial charge in [0.15, 0.2) is 6.17 Å².